The molecule has 0 aliphatic carbocycles. The lowest BCUT2D eigenvalue weighted by Gasteiger charge is -2.29. The molecule has 23 heavy (non-hydrogen) atoms. The van der Waals surface area contributed by atoms with Crippen molar-refractivity contribution in [3.63, 3.8) is 0 Å². The van der Waals surface area contributed by atoms with Gasteiger partial charge in [-0.05, 0) is 35.7 Å². The molecule has 120 valence electrons. The van der Waals surface area contributed by atoms with E-state index in [1.54, 1.807) is 6.92 Å². The number of anilines is 1. The van der Waals surface area contributed by atoms with E-state index in [2.05, 4.69) is 29.6 Å². The smallest absolute Gasteiger partial charge is 0.240 e. The highest BCUT2D eigenvalue weighted by Crippen LogP contribution is 2.21. The minimum absolute atomic E-state index is 0.0439. The van der Waals surface area contributed by atoms with Crippen LogP contribution in [0.2, 0.25) is 0 Å². The highest BCUT2D eigenvalue weighted by atomic mass is 16.2. The Labute approximate surface area is 137 Å². The van der Waals surface area contributed by atoms with E-state index in [4.69, 9.17) is 0 Å². The maximum Gasteiger partial charge on any atom is 0.240 e. The molecule has 0 radical (unpaired) electrons. The highest BCUT2D eigenvalue weighted by Gasteiger charge is 2.30. The van der Waals surface area contributed by atoms with Crippen molar-refractivity contribution in [2.45, 2.75) is 26.3 Å². The van der Waals surface area contributed by atoms with Gasteiger partial charge in [-0.2, -0.15) is 5.26 Å². The molecular formula is C19H23N3O. The van der Waals surface area contributed by atoms with Gasteiger partial charge in [0.1, 0.15) is 5.54 Å². The SMILES string of the molecule is CC(C)[C@@](C)(C#N)NC(=O)CN(C)c1ccc2ccccc2c1. The number of hydrogen-bond donors (Lipinski definition) is 1. The van der Waals surface area contributed by atoms with Gasteiger partial charge in [0, 0.05) is 12.7 Å². The third-order valence-corrected chi connectivity index (χ3v) is 4.34. The van der Waals surface area contributed by atoms with Crippen molar-refractivity contribution in [3.8, 4) is 6.07 Å². The van der Waals surface area contributed by atoms with Gasteiger partial charge in [-0.25, -0.2) is 0 Å². The first-order chi connectivity index (χ1) is 10.9. The summed E-state index contributed by atoms with van der Waals surface area (Å²) in [5.41, 5.74) is 0.128. The van der Waals surface area contributed by atoms with Crippen LogP contribution in [0.25, 0.3) is 10.8 Å². The van der Waals surface area contributed by atoms with Crippen LogP contribution in [-0.4, -0.2) is 25.0 Å². The molecule has 0 aliphatic rings. The molecule has 0 saturated heterocycles. The molecular weight excluding hydrogens is 286 g/mol. The zero-order chi connectivity index (χ0) is 17.0. The van der Waals surface area contributed by atoms with Crippen LogP contribution >= 0.6 is 0 Å². The summed E-state index contributed by atoms with van der Waals surface area (Å²) >= 11 is 0. The molecule has 0 heterocycles. The molecule has 2 aromatic rings. The highest BCUT2D eigenvalue weighted by molar-refractivity contribution is 5.87. The Morgan fingerprint density at radius 3 is 2.52 bits per heavy atom. The lowest BCUT2D eigenvalue weighted by atomic mass is 9.90. The van der Waals surface area contributed by atoms with E-state index in [0.717, 1.165) is 11.1 Å². The first-order valence-corrected chi connectivity index (χ1v) is 7.78. The van der Waals surface area contributed by atoms with Gasteiger partial charge in [0.15, 0.2) is 0 Å². The number of nitrogens with zero attached hydrogens (tertiary/aromatic N) is 2. The van der Waals surface area contributed by atoms with Crippen LogP contribution in [0.15, 0.2) is 42.5 Å². The fourth-order valence-corrected chi connectivity index (χ4v) is 2.35. The Balaban J connectivity index is 2.09. The third-order valence-electron chi connectivity index (χ3n) is 4.34. The van der Waals surface area contributed by atoms with Crippen LogP contribution in [0, 0.1) is 17.2 Å². The Hall–Kier alpha value is -2.54. The second kappa shape index (κ2) is 6.70. The number of rotatable bonds is 5. The zero-order valence-electron chi connectivity index (χ0n) is 14.1. The Morgan fingerprint density at radius 1 is 1.26 bits per heavy atom. The van der Waals surface area contributed by atoms with Crippen molar-refractivity contribution in [1.82, 2.24) is 5.32 Å². The van der Waals surface area contributed by atoms with Gasteiger partial charge in [-0.1, -0.05) is 44.2 Å². The first kappa shape index (κ1) is 16.8. The molecule has 4 nitrogen and oxygen atoms in total. The molecule has 0 aliphatic heterocycles. The van der Waals surface area contributed by atoms with Crippen LogP contribution in [0.4, 0.5) is 5.69 Å². The van der Waals surface area contributed by atoms with Crippen molar-refractivity contribution in [2.75, 3.05) is 18.5 Å². The van der Waals surface area contributed by atoms with Gasteiger partial charge in [-0.3, -0.25) is 4.79 Å². The topological polar surface area (TPSA) is 56.1 Å². The molecule has 0 aromatic heterocycles. The summed E-state index contributed by atoms with van der Waals surface area (Å²) in [7, 11) is 1.88. The minimum Gasteiger partial charge on any atom is -0.365 e. The summed E-state index contributed by atoms with van der Waals surface area (Å²) in [6.07, 6.45) is 0. The number of amides is 1. The van der Waals surface area contributed by atoms with Gasteiger partial charge >= 0.3 is 0 Å². The van der Waals surface area contributed by atoms with E-state index >= 15 is 0 Å². The molecule has 2 rings (SSSR count). The van der Waals surface area contributed by atoms with E-state index in [1.165, 1.54) is 5.39 Å². The lowest BCUT2D eigenvalue weighted by molar-refractivity contribution is -0.121. The Bertz CT molecular complexity index is 748. The second-order valence-corrected chi connectivity index (χ2v) is 6.40. The van der Waals surface area contributed by atoms with Crippen LogP contribution in [-0.2, 0) is 4.79 Å². The number of benzene rings is 2. The van der Waals surface area contributed by atoms with Crippen LogP contribution in [0.3, 0.4) is 0 Å². The van der Waals surface area contributed by atoms with Gasteiger partial charge in [-0.15, -0.1) is 0 Å². The summed E-state index contributed by atoms with van der Waals surface area (Å²) < 4.78 is 0. The standard InChI is InChI=1S/C19H23N3O/c1-14(2)19(3,13-20)21-18(23)12-22(4)17-10-9-15-7-5-6-8-16(15)11-17/h5-11,14H,12H2,1-4H3,(H,21,23)/t19-/m1/s1. The van der Waals surface area contributed by atoms with E-state index in [9.17, 15) is 10.1 Å². The fourth-order valence-electron chi connectivity index (χ4n) is 2.35. The zero-order valence-corrected chi connectivity index (χ0v) is 14.1. The molecule has 0 unspecified atom stereocenters. The molecule has 0 spiro atoms. The lowest BCUT2D eigenvalue weighted by Crippen LogP contribution is -2.51. The predicted octanol–water partition coefficient (Wildman–Crippen LogP) is 3.33. The summed E-state index contributed by atoms with van der Waals surface area (Å²) in [4.78, 5) is 14.2. The van der Waals surface area contributed by atoms with E-state index in [1.807, 2.05) is 50.1 Å². The number of carbonyl (C=O) groups is 1. The maximum atomic E-state index is 12.3. The van der Waals surface area contributed by atoms with Gasteiger partial charge in [0.05, 0.1) is 12.6 Å². The number of nitriles is 1. The number of fused-ring (bicyclic) bond motifs is 1. The van der Waals surface area contributed by atoms with Crippen molar-refractivity contribution in [3.05, 3.63) is 42.5 Å². The number of hydrogen-bond acceptors (Lipinski definition) is 3. The third kappa shape index (κ3) is 3.81. The van der Waals surface area contributed by atoms with Crippen molar-refractivity contribution >= 4 is 22.4 Å². The molecule has 0 saturated carbocycles. The molecule has 2 aromatic carbocycles. The van der Waals surface area contributed by atoms with Gasteiger partial charge in [0.2, 0.25) is 5.91 Å². The Kier molecular flexibility index (Phi) is 4.90. The van der Waals surface area contributed by atoms with E-state index < -0.39 is 5.54 Å². The number of nitrogens with one attached hydrogen (secondary N) is 1. The molecule has 1 atom stereocenters. The quantitative estimate of drug-likeness (QED) is 0.921. The van der Waals surface area contributed by atoms with E-state index in [-0.39, 0.29) is 18.4 Å². The summed E-state index contributed by atoms with van der Waals surface area (Å²) in [6, 6.07) is 16.4. The predicted molar refractivity (Wildman–Crippen MR) is 94.2 cm³/mol. The van der Waals surface area contributed by atoms with Crippen LogP contribution in [0.1, 0.15) is 20.8 Å². The van der Waals surface area contributed by atoms with Crippen molar-refractivity contribution in [1.29, 1.82) is 5.26 Å². The largest absolute Gasteiger partial charge is 0.365 e. The number of carbonyl (C=O) groups excluding carboxylic acids is 1. The van der Waals surface area contributed by atoms with Crippen molar-refractivity contribution in [2.24, 2.45) is 5.92 Å². The fraction of sp³-hybridized carbons (Fsp3) is 0.368. The van der Waals surface area contributed by atoms with Crippen LogP contribution < -0.4 is 10.2 Å². The normalized spacial score (nSPS) is 13.4. The monoisotopic (exact) mass is 309 g/mol. The minimum atomic E-state index is -0.846. The number of likely N-dealkylation sites (N-methyl/N-ethyl adjacent to an activating group) is 1. The molecule has 1 N–H and O–H groups in total. The summed E-state index contributed by atoms with van der Waals surface area (Å²) in [5.74, 6) is -0.110. The Morgan fingerprint density at radius 2 is 1.91 bits per heavy atom. The van der Waals surface area contributed by atoms with E-state index in [0.29, 0.717) is 0 Å². The second-order valence-electron chi connectivity index (χ2n) is 6.40. The average Bonchev–Trinajstić information content (AvgIpc) is 2.53. The van der Waals surface area contributed by atoms with Crippen LogP contribution in [0.5, 0.6) is 0 Å². The molecule has 4 heteroatoms. The van der Waals surface area contributed by atoms with Crippen molar-refractivity contribution < 1.29 is 4.79 Å². The first-order valence-electron chi connectivity index (χ1n) is 7.78. The molecule has 0 fully saturated rings. The molecule has 1 amide bonds. The van der Waals surface area contributed by atoms with Gasteiger partial charge in [0.25, 0.3) is 0 Å². The average molecular weight is 309 g/mol. The summed E-state index contributed by atoms with van der Waals surface area (Å²) in [6.45, 7) is 5.82. The maximum absolute atomic E-state index is 12.3. The molecule has 0 bridgehead atoms. The summed E-state index contributed by atoms with van der Waals surface area (Å²) in [5, 5.41) is 14.4. The van der Waals surface area contributed by atoms with Gasteiger partial charge < -0.3 is 10.2 Å².